The van der Waals surface area contributed by atoms with Gasteiger partial charge in [0.05, 0.1) is 0 Å². The second kappa shape index (κ2) is 9.24. The van der Waals surface area contributed by atoms with Crippen LogP contribution >= 0.6 is 11.8 Å². The van der Waals surface area contributed by atoms with Gasteiger partial charge in [0.1, 0.15) is 0 Å². The van der Waals surface area contributed by atoms with Crippen molar-refractivity contribution in [1.82, 2.24) is 30.1 Å². The minimum absolute atomic E-state index is 0.865. The molecule has 7 heteroatoms. The number of thioether (sulfide) groups is 1. The molecule has 0 saturated carbocycles. The lowest BCUT2D eigenvalue weighted by atomic mass is 10.1. The number of hydrogen-bond acceptors (Lipinski definition) is 5. The first kappa shape index (κ1) is 19.7. The lowest BCUT2D eigenvalue weighted by molar-refractivity contribution is 0.661. The number of para-hydroxylation sites is 1. The van der Waals surface area contributed by atoms with E-state index in [0.717, 1.165) is 37.0 Å². The molecule has 6 nitrogen and oxygen atoms in total. The van der Waals surface area contributed by atoms with Gasteiger partial charge >= 0.3 is 0 Å². The van der Waals surface area contributed by atoms with Gasteiger partial charge in [0.2, 0.25) is 5.16 Å². The third-order valence-corrected chi connectivity index (χ3v) is 6.07. The lowest BCUT2D eigenvalue weighted by Gasteiger charge is -2.06. The average Bonchev–Trinajstić information content (AvgIpc) is 3.30. The van der Waals surface area contributed by atoms with E-state index in [-0.39, 0.29) is 0 Å². The van der Waals surface area contributed by atoms with Gasteiger partial charge in [0.15, 0.2) is 0 Å². The van der Waals surface area contributed by atoms with E-state index in [1.807, 2.05) is 7.05 Å². The first-order valence-electron chi connectivity index (χ1n) is 9.89. The van der Waals surface area contributed by atoms with Crippen molar-refractivity contribution >= 4 is 22.7 Å². The highest BCUT2D eigenvalue weighted by Gasteiger charge is 2.08. The summed E-state index contributed by atoms with van der Waals surface area (Å²) in [5, 5.41) is 17.3. The Morgan fingerprint density at radius 2 is 1.90 bits per heavy atom. The fourth-order valence-corrected chi connectivity index (χ4v) is 4.20. The van der Waals surface area contributed by atoms with Crippen molar-refractivity contribution < 1.29 is 0 Å². The van der Waals surface area contributed by atoms with Crippen LogP contribution in [0.2, 0.25) is 0 Å². The van der Waals surface area contributed by atoms with E-state index < -0.39 is 0 Å². The van der Waals surface area contributed by atoms with Crippen molar-refractivity contribution in [2.24, 2.45) is 7.05 Å². The molecular formula is C22H26N6S. The van der Waals surface area contributed by atoms with Gasteiger partial charge in [-0.15, -0.1) is 5.10 Å². The summed E-state index contributed by atoms with van der Waals surface area (Å²) in [6, 6.07) is 17.4. The molecule has 2 aromatic carbocycles. The number of aryl methyl sites for hydroxylation is 2. The summed E-state index contributed by atoms with van der Waals surface area (Å²) in [6.07, 6.45) is 3.36. The van der Waals surface area contributed by atoms with E-state index in [4.69, 9.17) is 0 Å². The SMILES string of the molecule is Cc1ccc(Cn2cc(CNCCCSc3nnnn3C)c3ccccc32)cc1. The molecule has 150 valence electrons. The molecule has 0 saturated heterocycles. The van der Waals surface area contributed by atoms with Crippen LogP contribution in [0.25, 0.3) is 10.9 Å². The topological polar surface area (TPSA) is 60.6 Å². The lowest BCUT2D eigenvalue weighted by Crippen LogP contribution is -2.15. The van der Waals surface area contributed by atoms with Gasteiger partial charge in [-0.1, -0.05) is 59.8 Å². The minimum atomic E-state index is 0.865. The highest BCUT2D eigenvalue weighted by atomic mass is 32.2. The monoisotopic (exact) mass is 406 g/mol. The number of benzene rings is 2. The van der Waals surface area contributed by atoms with Crippen LogP contribution < -0.4 is 5.32 Å². The van der Waals surface area contributed by atoms with E-state index in [0.29, 0.717) is 0 Å². The minimum Gasteiger partial charge on any atom is -0.343 e. The van der Waals surface area contributed by atoms with Crippen LogP contribution in [0.4, 0.5) is 0 Å². The summed E-state index contributed by atoms with van der Waals surface area (Å²) in [5.74, 6) is 0.996. The third-order valence-electron chi connectivity index (χ3n) is 4.97. The van der Waals surface area contributed by atoms with Gasteiger partial charge in [0, 0.05) is 43.0 Å². The summed E-state index contributed by atoms with van der Waals surface area (Å²) in [4.78, 5) is 0. The smallest absolute Gasteiger partial charge is 0.209 e. The normalized spacial score (nSPS) is 11.4. The Hall–Kier alpha value is -2.64. The molecule has 0 aliphatic heterocycles. The molecule has 0 bridgehead atoms. The molecule has 29 heavy (non-hydrogen) atoms. The maximum absolute atomic E-state index is 4.00. The first-order valence-corrected chi connectivity index (χ1v) is 10.9. The fraction of sp³-hybridized carbons (Fsp3) is 0.318. The summed E-state index contributed by atoms with van der Waals surface area (Å²) in [7, 11) is 1.87. The van der Waals surface area contributed by atoms with E-state index >= 15 is 0 Å². The molecule has 0 atom stereocenters. The van der Waals surface area contributed by atoms with Crippen molar-refractivity contribution in [3.8, 4) is 0 Å². The molecule has 0 radical (unpaired) electrons. The van der Waals surface area contributed by atoms with Crippen molar-refractivity contribution in [2.75, 3.05) is 12.3 Å². The van der Waals surface area contributed by atoms with Gasteiger partial charge in [-0.05, 0) is 47.5 Å². The predicted molar refractivity (Wildman–Crippen MR) is 118 cm³/mol. The quantitative estimate of drug-likeness (QED) is 0.338. The molecule has 0 fully saturated rings. The Balaban J connectivity index is 1.35. The van der Waals surface area contributed by atoms with Crippen LogP contribution in [0, 0.1) is 6.92 Å². The number of hydrogen-bond donors (Lipinski definition) is 1. The average molecular weight is 407 g/mol. The Morgan fingerprint density at radius 3 is 2.69 bits per heavy atom. The maximum Gasteiger partial charge on any atom is 0.209 e. The number of rotatable bonds is 9. The Kier molecular flexibility index (Phi) is 6.27. The molecule has 1 N–H and O–H groups in total. The van der Waals surface area contributed by atoms with Gasteiger partial charge in [0.25, 0.3) is 0 Å². The van der Waals surface area contributed by atoms with E-state index in [2.05, 4.69) is 87.1 Å². The number of nitrogens with one attached hydrogen (secondary N) is 1. The van der Waals surface area contributed by atoms with E-state index in [1.54, 1.807) is 16.4 Å². The second-order valence-corrected chi connectivity index (χ2v) is 8.31. The molecule has 0 unspecified atom stereocenters. The Bertz CT molecular complexity index is 1070. The molecule has 2 aromatic heterocycles. The molecule has 4 aromatic rings. The summed E-state index contributed by atoms with van der Waals surface area (Å²) in [6.45, 7) is 4.86. The fourth-order valence-electron chi connectivity index (χ4n) is 3.41. The summed E-state index contributed by atoms with van der Waals surface area (Å²) >= 11 is 1.69. The van der Waals surface area contributed by atoms with Crippen molar-refractivity contribution in [1.29, 1.82) is 0 Å². The molecule has 0 aliphatic carbocycles. The standard InChI is InChI=1S/C22H26N6S/c1-17-8-10-18(11-9-17)15-28-16-19(20-6-3-4-7-21(20)28)14-23-12-5-13-29-22-24-25-26-27(22)2/h3-4,6-11,16,23H,5,12-15H2,1-2H3. The predicted octanol–water partition coefficient (Wildman–Crippen LogP) is 3.79. The number of nitrogens with zero attached hydrogens (tertiary/aromatic N) is 5. The Morgan fingerprint density at radius 1 is 1.07 bits per heavy atom. The van der Waals surface area contributed by atoms with Gasteiger partial charge in [-0.2, -0.15) is 0 Å². The number of tetrazole rings is 1. The van der Waals surface area contributed by atoms with Crippen LogP contribution in [-0.4, -0.2) is 37.1 Å². The van der Waals surface area contributed by atoms with Crippen molar-refractivity contribution in [3.63, 3.8) is 0 Å². The van der Waals surface area contributed by atoms with Crippen LogP contribution in [0.15, 0.2) is 59.9 Å². The molecule has 0 amide bonds. The van der Waals surface area contributed by atoms with Crippen LogP contribution in [-0.2, 0) is 20.1 Å². The highest BCUT2D eigenvalue weighted by Crippen LogP contribution is 2.22. The molecule has 2 heterocycles. The van der Waals surface area contributed by atoms with Gasteiger partial charge in [-0.3, -0.25) is 0 Å². The van der Waals surface area contributed by atoms with Crippen molar-refractivity contribution in [3.05, 3.63) is 71.4 Å². The van der Waals surface area contributed by atoms with E-state index in [9.17, 15) is 0 Å². The molecular weight excluding hydrogens is 380 g/mol. The van der Waals surface area contributed by atoms with Crippen LogP contribution in [0.3, 0.4) is 0 Å². The van der Waals surface area contributed by atoms with Crippen LogP contribution in [0.5, 0.6) is 0 Å². The zero-order valence-corrected chi connectivity index (χ0v) is 17.7. The zero-order valence-electron chi connectivity index (χ0n) is 16.9. The summed E-state index contributed by atoms with van der Waals surface area (Å²) < 4.78 is 4.06. The van der Waals surface area contributed by atoms with Crippen molar-refractivity contribution in [2.45, 2.75) is 31.6 Å². The number of fused-ring (bicyclic) bond motifs is 1. The third kappa shape index (κ3) is 4.86. The van der Waals surface area contributed by atoms with Crippen LogP contribution in [0.1, 0.15) is 23.1 Å². The molecule has 4 rings (SSSR count). The molecule has 0 spiro atoms. The van der Waals surface area contributed by atoms with Gasteiger partial charge < -0.3 is 9.88 Å². The first-order chi connectivity index (χ1) is 14.2. The zero-order chi connectivity index (χ0) is 20.1. The highest BCUT2D eigenvalue weighted by molar-refractivity contribution is 7.99. The Labute approximate surface area is 175 Å². The van der Waals surface area contributed by atoms with E-state index in [1.165, 1.54) is 27.6 Å². The largest absolute Gasteiger partial charge is 0.343 e. The maximum atomic E-state index is 4.00. The molecule has 0 aliphatic rings. The second-order valence-electron chi connectivity index (χ2n) is 7.25. The summed E-state index contributed by atoms with van der Waals surface area (Å²) in [5.41, 5.74) is 5.25. The van der Waals surface area contributed by atoms with Gasteiger partial charge in [-0.25, -0.2) is 4.68 Å². The number of aromatic nitrogens is 5.